The fourth-order valence-electron chi connectivity index (χ4n) is 5.60. The van der Waals surface area contributed by atoms with Crippen LogP contribution in [0.1, 0.15) is 49.0 Å². The number of fused-ring (bicyclic) bond motifs is 2. The number of aromatic amines is 1. The number of methoxy groups -OCH3 is 1. The standard InChI is InChI=1S/C24H27F4N5O4/c1-36-21-8-16(17(25)10-29-21)18-9-19(32-31-18)23(35)33-14-3-4-15(33)7-12(6-14)22(34)30-13-2-5-20(37-11-13)24(26,27)28/h8-10,12-15,20H,2-7,11H2,1H3,(H,30,34)(H,31,32)/t12-,13-,14?,15+,20+/m0/s1. The Kier molecular flexibility index (Phi) is 6.82. The zero-order valence-electron chi connectivity index (χ0n) is 20.1. The predicted octanol–water partition coefficient (Wildman–Crippen LogP) is 3.23. The number of hydrogen-bond acceptors (Lipinski definition) is 6. The largest absolute Gasteiger partial charge is 0.481 e. The average Bonchev–Trinajstić information content (AvgIpc) is 3.46. The van der Waals surface area contributed by atoms with Crippen LogP contribution in [0.3, 0.4) is 0 Å². The first-order chi connectivity index (χ1) is 17.6. The lowest BCUT2D eigenvalue weighted by Crippen LogP contribution is -2.52. The molecule has 3 fully saturated rings. The highest BCUT2D eigenvalue weighted by atomic mass is 19.4. The number of alkyl halides is 3. The number of aromatic nitrogens is 3. The molecule has 9 nitrogen and oxygen atoms in total. The average molecular weight is 526 g/mol. The SMILES string of the molecule is COc1cc(-c2cc(C(=O)N3C4CC[C@@H]3C[C@@H](C(=O)N[C@H]3CC[C@H](C(F)(F)F)OC3)C4)n[nH]2)c(F)cn1. The van der Waals surface area contributed by atoms with Gasteiger partial charge < -0.3 is 19.7 Å². The van der Waals surface area contributed by atoms with E-state index in [1.165, 1.54) is 19.2 Å². The number of ether oxygens (including phenoxy) is 2. The molecular formula is C24H27F4N5O4. The van der Waals surface area contributed by atoms with Gasteiger partial charge >= 0.3 is 6.18 Å². The molecule has 3 aliphatic rings. The summed E-state index contributed by atoms with van der Waals surface area (Å²) >= 11 is 0. The maximum absolute atomic E-state index is 14.3. The molecule has 2 N–H and O–H groups in total. The maximum atomic E-state index is 14.3. The van der Waals surface area contributed by atoms with Crippen molar-refractivity contribution in [2.75, 3.05) is 13.7 Å². The summed E-state index contributed by atoms with van der Waals surface area (Å²) in [6.07, 6.45) is -2.74. The number of nitrogens with zero attached hydrogens (tertiary/aromatic N) is 3. The molecule has 2 aromatic rings. The van der Waals surface area contributed by atoms with E-state index in [1.54, 1.807) is 4.90 Å². The van der Waals surface area contributed by atoms with Gasteiger partial charge in [-0.25, -0.2) is 9.37 Å². The summed E-state index contributed by atoms with van der Waals surface area (Å²) in [5.74, 6) is -1.22. The van der Waals surface area contributed by atoms with Crippen LogP contribution in [0.4, 0.5) is 17.6 Å². The molecule has 3 aliphatic heterocycles. The fraction of sp³-hybridized carbons (Fsp3) is 0.583. The molecule has 2 aromatic heterocycles. The first kappa shape index (κ1) is 25.4. The predicted molar refractivity (Wildman–Crippen MR) is 121 cm³/mol. The number of pyridine rings is 1. The summed E-state index contributed by atoms with van der Waals surface area (Å²) in [6, 6.07) is 2.12. The lowest BCUT2D eigenvalue weighted by molar-refractivity contribution is -0.232. The van der Waals surface area contributed by atoms with Gasteiger partial charge in [-0.05, 0) is 44.6 Å². The minimum Gasteiger partial charge on any atom is -0.481 e. The molecule has 0 aromatic carbocycles. The van der Waals surface area contributed by atoms with Crippen molar-refractivity contribution in [3.8, 4) is 17.1 Å². The van der Waals surface area contributed by atoms with Crippen molar-refractivity contribution in [1.29, 1.82) is 0 Å². The number of rotatable bonds is 5. The Morgan fingerprint density at radius 3 is 2.51 bits per heavy atom. The maximum Gasteiger partial charge on any atom is 0.414 e. The van der Waals surface area contributed by atoms with Crippen molar-refractivity contribution >= 4 is 11.8 Å². The highest BCUT2D eigenvalue weighted by Gasteiger charge is 2.47. The van der Waals surface area contributed by atoms with Crippen LogP contribution in [0, 0.1) is 11.7 Å². The minimum absolute atomic E-state index is 0.142. The molecule has 1 unspecified atom stereocenters. The lowest BCUT2D eigenvalue weighted by Gasteiger charge is -2.39. The van der Waals surface area contributed by atoms with E-state index in [9.17, 15) is 27.2 Å². The van der Waals surface area contributed by atoms with E-state index in [0.717, 1.165) is 19.0 Å². The van der Waals surface area contributed by atoms with Crippen molar-refractivity contribution < 1.29 is 36.6 Å². The third-order valence-electron chi connectivity index (χ3n) is 7.45. The molecule has 37 heavy (non-hydrogen) atoms. The molecule has 3 saturated heterocycles. The molecule has 2 bridgehead atoms. The molecule has 2 amide bonds. The molecular weight excluding hydrogens is 498 g/mol. The van der Waals surface area contributed by atoms with Crippen LogP contribution in [0.15, 0.2) is 18.3 Å². The molecule has 5 rings (SSSR count). The van der Waals surface area contributed by atoms with E-state index >= 15 is 0 Å². The van der Waals surface area contributed by atoms with Crippen molar-refractivity contribution in [3.05, 3.63) is 29.8 Å². The molecule has 0 spiro atoms. The molecule has 5 atom stereocenters. The monoisotopic (exact) mass is 525 g/mol. The van der Waals surface area contributed by atoms with E-state index in [-0.39, 0.29) is 66.4 Å². The molecule has 5 heterocycles. The van der Waals surface area contributed by atoms with Crippen LogP contribution in [0.25, 0.3) is 11.3 Å². The Labute approximate surface area is 209 Å². The van der Waals surface area contributed by atoms with Crippen molar-refractivity contribution in [3.63, 3.8) is 0 Å². The van der Waals surface area contributed by atoms with Crippen LogP contribution in [-0.2, 0) is 9.53 Å². The van der Waals surface area contributed by atoms with Gasteiger partial charge in [0.05, 0.1) is 31.6 Å². The van der Waals surface area contributed by atoms with Crippen LogP contribution < -0.4 is 10.1 Å². The second-order valence-electron chi connectivity index (χ2n) is 9.79. The Morgan fingerprint density at radius 2 is 1.89 bits per heavy atom. The second kappa shape index (κ2) is 9.92. The second-order valence-corrected chi connectivity index (χ2v) is 9.79. The highest BCUT2D eigenvalue weighted by Crippen LogP contribution is 2.40. The molecule has 200 valence electrons. The zero-order valence-corrected chi connectivity index (χ0v) is 20.1. The third-order valence-corrected chi connectivity index (χ3v) is 7.45. The van der Waals surface area contributed by atoms with E-state index in [0.29, 0.717) is 18.5 Å². The van der Waals surface area contributed by atoms with Gasteiger partial charge in [0.2, 0.25) is 11.8 Å². The number of hydrogen-bond donors (Lipinski definition) is 2. The molecule has 13 heteroatoms. The van der Waals surface area contributed by atoms with Gasteiger partial charge in [-0.2, -0.15) is 18.3 Å². The summed E-state index contributed by atoms with van der Waals surface area (Å²) in [5, 5.41) is 9.64. The molecule has 0 saturated carbocycles. The van der Waals surface area contributed by atoms with Gasteiger partial charge in [0.1, 0.15) is 0 Å². The normalized spacial score (nSPS) is 27.7. The van der Waals surface area contributed by atoms with Gasteiger partial charge in [-0.3, -0.25) is 14.7 Å². The summed E-state index contributed by atoms with van der Waals surface area (Å²) < 4.78 is 62.6. The molecule has 0 radical (unpaired) electrons. The summed E-state index contributed by atoms with van der Waals surface area (Å²) in [6.45, 7) is -0.175. The van der Waals surface area contributed by atoms with E-state index in [2.05, 4.69) is 20.5 Å². The van der Waals surface area contributed by atoms with Crippen molar-refractivity contribution in [2.45, 2.75) is 68.9 Å². The van der Waals surface area contributed by atoms with Gasteiger partial charge in [-0.1, -0.05) is 0 Å². The van der Waals surface area contributed by atoms with Gasteiger partial charge in [0.25, 0.3) is 5.91 Å². The summed E-state index contributed by atoms with van der Waals surface area (Å²) in [7, 11) is 1.41. The van der Waals surface area contributed by atoms with Crippen LogP contribution >= 0.6 is 0 Å². The number of piperidine rings is 1. The van der Waals surface area contributed by atoms with E-state index in [1.807, 2.05) is 0 Å². The first-order valence-corrected chi connectivity index (χ1v) is 12.2. The van der Waals surface area contributed by atoms with Crippen LogP contribution in [-0.4, -0.2) is 76.0 Å². The van der Waals surface area contributed by atoms with Crippen LogP contribution in [0.2, 0.25) is 0 Å². The zero-order chi connectivity index (χ0) is 26.3. The Bertz CT molecular complexity index is 1150. The van der Waals surface area contributed by atoms with Gasteiger partial charge in [-0.15, -0.1) is 0 Å². The number of nitrogens with one attached hydrogen (secondary N) is 2. The topological polar surface area (TPSA) is 109 Å². The van der Waals surface area contributed by atoms with Gasteiger partial charge in [0.15, 0.2) is 17.6 Å². The Balaban J connectivity index is 1.20. The number of amides is 2. The summed E-state index contributed by atoms with van der Waals surface area (Å²) in [4.78, 5) is 31.8. The van der Waals surface area contributed by atoms with E-state index in [4.69, 9.17) is 9.47 Å². The van der Waals surface area contributed by atoms with Crippen molar-refractivity contribution in [1.82, 2.24) is 25.4 Å². The summed E-state index contributed by atoms with van der Waals surface area (Å²) in [5.41, 5.74) is 0.624. The number of carbonyl (C=O) groups is 2. The first-order valence-electron chi connectivity index (χ1n) is 12.2. The fourth-order valence-corrected chi connectivity index (χ4v) is 5.60. The van der Waals surface area contributed by atoms with Crippen molar-refractivity contribution in [2.24, 2.45) is 5.92 Å². The Hall–Kier alpha value is -3.22. The number of H-pyrrole nitrogens is 1. The smallest absolute Gasteiger partial charge is 0.414 e. The Morgan fingerprint density at radius 1 is 1.16 bits per heavy atom. The van der Waals surface area contributed by atoms with E-state index < -0.39 is 24.1 Å². The number of halogens is 4. The lowest BCUT2D eigenvalue weighted by atomic mass is 9.89. The highest BCUT2D eigenvalue weighted by molar-refractivity contribution is 5.94. The van der Waals surface area contributed by atoms with Crippen LogP contribution in [0.5, 0.6) is 5.88 Å². The van der Waals surface area contributed by atoms with Gasteiger partial charge in [0, 0.05) is 29.6 Å². The minimum atomic E-state index is -4.40. The quantitative estimate of drug-likeness (QED) is 0.581. The third kappa shape index (κ3) is 5.13. The number of carbonyl (C=O) groups excluding carboxylic acids is 2. The molecule has 0 aliphatic carbocycles.